The lowest BCUT2D eigenvalue weighted by Gasteiger charge is -2.25. The van der Waals surface area contributed by atoms with Gasteiger partial charge in [0.1, 0.15) is 11.6 Å². The number of aliphatic hydroxyl groups excluding tert-OH is 2. The number of Topliss-reactive ketones (excluding diaryl/α,β-unsaturated/α-hetero) is 1. The van der Waals surface area contributed by atoms with Gasteiger partial charge in [0, 0.05) is 30.8 Å². The monoisotopic (exact) mass is 400 g/mol. The molecule has 150 valence electrons. The maximum atomic E-state index is 13.4. The Morgan fingerprint density at radius 3 is 2.28 bits per heavy atom. The number of rotatable bonds is 6. The number of nitro groups is 1. The molecule has 0 radical (unpaired) electrons. The van der Waals surface area contributed by atoms with Crippen LogP contribution in [0.1, 0.15) is 23.6 Å². The summed E-state index contributed by atoms with van der Waals surface area (Å²) in [6, 6.07) is 9.07. The van der Waals surface area contributed by atoms with Gasteiger partial charge in [0.2, 0.25) is 0 Å². The average molecular weight is 400 g/mol. The fourth-order valence-electron chi connectivity index (χ4n) is 3.24. The quantitative estimate of drug-likeness (QED) is 0.253. The normalized spacial score (nSPS) is 18.3. The molecule has 1 amide bonds. The van der Waals surface area contributed by atoms with Crippen LogP contribution in [0.15, 0.2) is 54.1 Å². The molecule has 8 nitrogen and oxygen atoms in total. The second kappa shape index (κ2) is 8.19. The van der Waals surface area contributed by atoms with E-state index >= 15 is 0 Å². The highest BCUT2D eigenvalue weighted by Gasteiger charge is 2.45. The number of halogens is 1. The topological polar surface area (TPSA) is 121 Å². The van der Waals surface area contributed by atoms with Crippen molar-refractivity contribution in [3.05, 3.63) is 81.2 Å². The molecule has 2 N–H and O–H groups in total. The number of aliphatic hydroxyl groups is 2. The molecule has 1 fully saturated rings. The second-order valence-electron chi connectivity index (χ2n) is 6.43. The Hall–Kier alpha value is -3.59. The largest absolute Gasteiger partial charge is 0.507 e. The van der Waals surface area contributed by atoms with Gasteiger partial charge in [-0.05, 0) is 36.2 Å². The highest BCUT2D eigenvalue weighted by Crippen LogP contribution is 2.39. The second-order valence-corrected chi connectivity index (χ2v) is 6.43. The van der Waals surface area contributed by atoms with Gasteiger partial charge in [-0.3, -0.25) is 19.7 Å². The van der Waals surface area contributed by atoms with E-state index in [1.165, 1.54) is 53.4 Å². The van der Waals surface area contributed by atoms with Crippen LogP contribution >= 0.6 is 0 Å². The molecule has 2 aromatic rings. The third-order valence-corrected chi connectivity index (χ3v) is 4.63. The van der Waals surface area contributed by atoms with Crippen molar-refractivity contribution in [2.45, 2.75) is 12.5 Å². The lowest BCUT2D eigenvalue weighted by atomic mass is 9.95. The summed E-state index contributed by atoms with van der Waals surface area (Å²) in [6.07, 6.45) is 0.211. The van der Waals surface area contributed by atoms with Crippen LogP contribution in [0.25, 0.3) is 5.76 Å². The standard InChI is InChI=1S/C20H17FN2O6/c21-14-6-2-12(3-7-14)17-16(19(26)20(27)22(17)10-1-11-24)18(25)13-4-8-15(9-5-13)23(28)29/h2-9,17,24-25H,1,10-11H2/t17-/m0/s1. The number of amides is 1. The summed E-state index contributed by atoms with van der Waals surface area (Å²) < 4.78 is 13.4. The van der Waals surface area contributed by atoms with Gasteiger partial charge in [0.05, 0.1) is 16.5 Å². The number of carbonyl (C=O) groups excluding carboxylic acids is 2. The van der Waals surface area contributed by atoms with Gasteiger partial charge in [-0.1, -0.05) is 12.1 Å². The molecule has 0 spiro atoms. The molecule has 1 heterocycles. The van der Waals surface area contributed by atoms with Crippen molar-refractivity contribution in [3.63, 3.8) is 0 Å². The van der Waals surface area contributed by atoms with E-state index in [2.05, 4.69) is 0 Å². The fraction of sp³-hybridized carbons (Fsp3) is 0.200. The van der Waals surface area contributed by atoms with Gasteiger partial charge in [-0.25, -0.2) is 4.39 Å². The van der Waals surface area contributed by atoms with Crippen LogP contribution in [0.4, 0.5) is 10.1 Å². The van der Waals surface area contributed by atoms with Gasteiger partial charge in [-0.2, -0.15) is 0 Å². The van der Waals surface area contributed by atoms with Crippen molar-refractivity contribution < 1.29 is 29.1 Å². The molecule has 3 rings (SSSR count). The number of likely N-dealkylation sites (tertiary alicyclic amines) is 1. The molecular formula is C20H17FN2O6. The smallest absolute Gasteiger partial charge is 0.295 e. The first-order chi connectivity index (χ1) is 13.8. The third kappa shape index (κ3) is 3.85. The van der Waals surface area contributed by atoms with E-state index in [0.29, 0.717) is 5.56 Å². The van der Waals surface area contributed by atoms with Gasteiger partial charge in [0.15, 0.2) is 0 Å². The minimum absolute atomic E-state index is 0.0557. The molecule has 0 aliphatic carbocycles. The number of hydrogen-bond acceptors (Lipinski definition) is 6. The summed E-state index contributed by atoms with van der Waals surface area (Å²) in [5, 5.41) is 30.7. The molecule has 1 aliphatic heterocycles. The number of benzene rings is 2. The zero-order valence-electron chi connectivity index (χ0n) is 15.1. The lowest BCUT2D eigenvalue weighted by molar-refractivity contribution is -0.384. The van der Waals surface area contributed by atoms with E-state index < -0.39 is 34.2 Å². The SMILES string of the molecule is O=C1C(=O)N(CCCO)[C@@H](c2ccc(F)cc2)C1=C(O)c1ccc([N+](=O)[O-])cc1. The predicted octanol–water partition coefficient (Wildman–Crippen LogP) is 2.54. The molecule has 1 saturated heterocycles. The fourth-order valence-corrected chi connectivity index (χ4v) is 3.24. The Morgan fingerprint density at radius 1 is 1.10 bits per heavy atom. The van der Waals surface area contributed by atoms with Crippen LogP contribution < -0.4 is 0 Å². The Kier molecular flexibility index (Phi) is 5.69. The molecular weight excluding hydrogens is 383 g/mol. The molecule has 0 aromatic heterocycles. The van der Waals surface area contributed by atoms with Crippen molar-refractivity contribution >= 4 is 23.1 Å². The van der Waals surface area contributed by atoms with Crippen LogP contribution in [-0.4, -0.2) is 44.9 Å². The van der Waals surface area contributed by atoms with Crippen molar-refractivity contribution in [1.82, 2.24) is 4.90 Å². The average Bonchev–Trinajstić information content (AvgIpc) is 2.97. The number of nitro benzene ring substituents is 1. The summed E-state index contributed by atoms with van der Waals surface area (Å²) in [5.41, 5.74) is 0.142. The van der Waals surface area contributed by atoms with Gasteiger partial charge in [-0.15, -0.1) is 0 Å². The maximum absolute atomic E-state index is 13.4. The summed E-state index contributed by atoms with van der Waals surface area (Å²) in [6.45, 7) is -0.151. The Morgan fingerprint density at radius 2 is 1.72 bits per heavy atom. The molecule has 0 saturated carbocycles. The highest BCUT2D eigenvalue weighted by molar-refractivity contribution is 6.46. The van der Waals surface area contributed by atoms with E-state index in [-0.39, 0.29) is 36.4 Å². The van der Waals surface area contributed by atoms with Crippen LogP contribution in [0.5, 0.6) is 0 Å². The summed E-state index contributed by atoms with van der Waals surface area (Å²) in [4.78, 5) is 36.6. The minimum atomic E-state index is -0.975. The van der Waals surface area contributed by atoms with Gasteiger partial charge < -0.3 is 15.1 Å². The highest BCUT2D eigenvalue weighted by atomic mass is 19.1. The molecule has 0 bridgehead atoms. The molecule has 2 aromatic carbocycles. The lowest BCUT2D eigenvalue weighted by Crippen LogP contribution is -2.31. The number of hydrogen-bond donors (Lipinski definition) is 2. The van der Waals surface area contributed by atoms with Crippen LogP contribution in [0, 0.1) is 15.9 Å². The van der Waals surface area contributed by atoms with Gasteiger partial charge >= 0.3 is 0 Å². The van der Waals surface area contributed by atoms with E-state index in [1.807, 2.05) is 0 Å². The predicted molar refractivity (Wildman–Crippen MR) is 100 cm³/mol. The Labute approximate surface area is 164 Å². The maximum Gasteiger partial charge on any atom is 0.295 e. The first kappa shape index (κ1) is 20.2. The number of nitrogens with zero attached hydrogens (tertiary/aromatic N) is 2. The van der Waals surface area contributed by atoms with Gasteiger partial charge in [0.25, 0.3) is 17.4 Å². The summed E-state index contributed by atoms with van der Waals surface area (Å²) >= 11 is 0. The van der Waals surface area contributed by atoms with Crippen LogP contribution in [0.2, 0.25) is 0 Å². The minimum Gasteiger partial charge on any atom is -0.507 e. The summed E-state index contributed by atoms with van der Waals surface area (Å²) in [5.74, 6) is -2.76. The number of carbonyl (C=O) groups is 2. The Bertz CT molecular complexity index is 985. The van der Waals surface area contributed by atoms with E-state index in [0.717, 1.165) is 0 Å². The molecule has 29 heavy (non-hydrogen) atoms. The van der Waals surface area contributed by atoms with Crippen LogP contribution in [0.3, 0.4) is 0 Å². The number of non-ortho nitro benzene ring substituents is 1. The van der Waals surface area contributed by atoms with E-state index in [1.54, 1.807) is 0 Å². The molecule has 0 unspecified atom stereocenters. The molecule has 1 atom stereocenters. The van der Waals surface area contributed by atoms with Crippen molar-refractivity contribution in [3.8, 4) is 0 Å². The van der Waals surface area contributed by atoms with Crippen molar-refractivity contribution in [2.24, 2.45) is 0 Å². The third-order valence-electron chi connectivity index (χ3n) is 4.63. The number of ketones is 1. The van der Waals surface area contributed by atoms with Crippen molar-refractivity contribution in [2.75, 3.05) is 13.2 Å². The molecule has 9 heteroatoms. The first-order valence-corrected chi connectivity index (χ1v) is 8.74. The first-order valence-electron chi connectivity index (χ1n) is 8.74. The zero-order chi connectivity index (χ0) is 21.1. The van der Waals surface area contributed by atoms with E-state index in [9.17, 15) is 29.2 Å². The van der Waals surface area contributed by atoms with Crippen molar-refractivity contribution in [1.29, 1.82) is 0 Å². The zero-order valence-corrected chi connectivity index (χ0v) is 15.1. The van der Waals surface area contributed by atoms with Crippen LogP contribution in [-0.2, 0) is 9.59 Å². The molecule has 1 aliphatic rings. The van der Waals surface area contributed by atoms with E-state index in [4.69, 9.17) is 5.11 Å². The summed E-state index contributed by atoms with van der Waals surface area (Å²) in [7, 11) is 0. The Balaban J connectivity index is 2.12.